The average Bonchev–Trinajstić information content (AvgIpc) is 3.21. The number of ether oxygens (including phenoxy) is 1. The van der Waals surface area contributed by atoms with Crippen LogP contribution in [0.2, 0.25) is 0 Å². The number of fused-ring (bicyclic) bond motifs is 1. The topological polar surface area (TPSA) is 81.4 Å². The molecule has 146 valence electrons. The van der Waals surface area contributed by atoms with Crippen molar-refractivity contribution in [3.8, 4) is 28.0 Å². The summed E-state index contributed by atoms with van der Waals surface area (Å²) >= 11 is 0. The quantitative estimate of drug-likeness (QED) is 0.547. The van der Waals surface area contributed by atoms with Gasteiger partial charge in [0.25, 0.3) is 5.91 Å². The Labute approximate surface area is 168 Å². The number of amides is 1. The third-order valence-corrected chi connectivity index (χ3v) is 4.63. The van der Waals surface area contributed by atoms with E-state index < -0.39 is 0 Å². The molecular weight excluding hydrogens is 366 g/mol. The molecule has 1 N–H and O–H groups in total. The summed E-state index contributed by atoms with van der Waals surface area (Å²) in [4.78, 5) is 21.1. The van der Waals surface area contributed by atoms with E-state index in [1.165, 1.54) is 0 Å². The Balaban J connectivity index is 1.66. The number of carbonyl (C=O) groups excluding carboxylic acids is 1. The van der Waals surface area contributed by atoms with Gasteiger partial charge in [-0.2, -0.15) is 5.10 Å². The molecule has 0 bridgehead atoms. The Morgan fingerprint density at radius 1 is 1.07 bits per heavy atom. The Morgan fingerprint density at radius 2 is 1.90 bits per heavy atom. The van der Waals surface area contributed by atoms with Crippen LogP contribution in [0.25, 0.3) is 27.9 Å². The molecule has 4 aromatic rings. The molecule has 0 radical (unpaired) electrons. The number of rotatable bonds is 6. The number of pyridine rings is 1. The number of benzene rings is 1. The van der Waals surface area contributed by atoms with Gasteiger partial charge in [-0.15, -0.1) is 0 Å². The molecule has 0 fully saturated rings. The zero-order valence-electron chi connectivity index (χ0n) is 16.3. The van der Waals surface area contributed by atoms with Crippen LogP contribution in [0, 0.1) is 0 Å². The Kier molecular flexibility index (Phi) is 5.20. The van der Waals surface area contributed by atoms with Crippen LogP contribution in [-0.2, 0) is 0 Å². The van der Waals surface area contributed by atoms with E-state index in [2.05, 4.69) is 20.4 Å². The number of nitrogens with zero attached hydrogens (tertiary/aromatic N) is 4. The van der Waals surface area contributed by atoms with Crippen molar-refractivity contribution in [2.24, 2.45) is 0 Å². The van der Waals surface area contributed by atoms with Crippen LogP contribution in [0.15, 0.2) is 61.3 Å². The van der Waals surface area contributed by atoms with E-state index in [0.29, 0.717) is 17.8 Å². The Morgan fingerprint density at radius 3 is 2.66 bits per heavy atom. The summed E-state index contributed by atoms with van der Waals surface area (Å²) < 4.78 is 6.94. The largest absolute Gasteiger partial charge is 0.497 e. The van der Waals surface area contributed by atoms with Gasteiger partial charge in [0.1, 0.15) is 5.75 Å². The van der Waals surface area contributed by atoms with Crippen molar-refractivity contribution >= 4 is 11.6 Å². The van der Waals surface area contributed by atoms with Gasteiger partial charge in [-0.1, -0.05) is 19.1 Å². The number of hydrogen-bond acceptors (Lipinski definition) is 5. The van der Waals surface area contributed by atoms with Gasteiger partial charge in [0.05, 0.1) is 18.9 Å². The fourth-order valence-corrected chi connectivity index (χ4v) is 3.06. The van der Waals surface area contributed by atoms with Gasteiger partial charge in [0, 0.05) is 48.0 Å². The zero-order valence-corrected chi connectivity index (χ0v) is 16.3. The van der Waals surface area contributed by atoms with E-state index in [1.54, 1.807) is 30.2 Å². The van der Waals surface area contributed by atoms with Crippen LogP contribution in [-0.4, -0.2) is 39.1 Å². The Bertz CT molecular complexity index is 1150. The Hall–Kier alpha value is -3.74. The van der Waals surface area contributed by atoms with Crippen LogP contribution >= 0.6 is 0 Å². The molecule has 1 amide bonds. The second-order valence-electron chi connectivity index (χ2n) is 6.62. The van der Waals surface area contributed by atoms with Crippen molar-refractivity contribution in [3.05, 3.63) is 66.9 Å². The minimum Gasteiger partial charge on any atom is -0.497 e. The molecule has 0 saturated heterocycles. The molecule has 7 nitrogen and oxygen atoms in total. The van der Waals surface area contributed by atoms with Gasteiger partial charge in [-0.3, -0.25) is 9.78 Å². The monoisotopic (exact) mass is 387 g/mol. The predicted octanol–water partition coefficient (Wildman–Crippen LogP) is 3.61. The third-order valence-electron chi connectivity index (χ3n) is 4.63. The van der Waals surface area contributed by atoms with Crippen LogP contribution in [0.1, 0.15) is 23.7 Å². The molecule has 0 aliphatic heterocycles. The molecule has 0 saturated carbocycles. The summed E-state index contributed by atoms with van der Waals surface area (Å²) in [5.41, 5.74) is 4.81. The summed E-state index contributed by atoms with van der Waals surface area (Å²) in [6.07, 6.45) is 9.65. The van der Waals surface area contributed by atoms with E-state index in [1.807, 2.05) is 49.6 Å². The molecule has 7 heteroatoms. The highest BCUT2D eigenvalue weighted by atomic mass is 16.5. The zero-order chi connectivity index (χ0) is 20.2. The third kappa shape index (κ3) is 3.80. The number of nitrogens with one attached hydrogen (secondary N) is 1. The number of carbonyl (C=O) groups is 1. The normalized spacial score (nSPS) is 10.8. The van der Waals surface area contributed by atoms with Gasteiger partial charge in [0.15, 0.2) is 5.65 Å². The second kappa shape index (κ2) is 8.10. The van der Waals surface area contributed by atoms with Crippen molar-refractivity contribution in [2.45, 2.75) is 13.3 Å². The van der Waals surface area contributed by atoms with Crippen LogP contribution in [0.3, 0.4) is 0 Å². The minimum atomic E-state index is -0.132. The van der Waals surface area contributed by atoms with Crippen molar-refractivity contribution in [1.29, 1.82) is 0 Å². The molecule has 0 unspecified atom stereocenters. The molecule has 0 aliphatic carbocycles. The first-order valence-electron chi connectivity index (χ1n) is 9.41. The summed E-state index contributed by atoms with van der Waals surface area (Å²) in [7, 11) is 1.64. The highest BCUT2D eigenvalue weighted by molar-refractivity contribution is 5.95. The molecule has 3 heterocycles. The predicted molar refractivity (Wildman–Crippen MR) is 111 cm³/mol. The van der Waals surface area contributed by atoms with Crippen molar-refractivity contribution in [1.82, 2.24) is 24.9 Å². The average molecular weight is 387 g/mol. The van der Waals surface area contributed by atoms with Gasteiger partial charge in [-0.25, -0.2) is 9.50 Å². The maximum absolute atomic E-state index is 12.2. The fourth-order valence-electron chi connectivity index (χ4n) is 3.06. The van der Waals surface area contributed by atoms with Gasteiger partial charge in [-0.05, 0) is 30.2 Å². The highest BCUT2D eigenvalue weighted by Gasteiger charge is 2.12. The molecule has 1 aromatic carbocycles. The first-order valence-corrected chi connectivity index (χ1v) is 9.41. The second-order valence-corrected chi connectivity index (χ2v) is 6.62. The summed E-state index contributed by atoms with van der Waals surface area (Å²) in [6, 6.07) is 9.60. The first-order chi connectivity index (χ1) is 14.2. The molecule has 4 rings (SSSR count). The molecular formula is C22H21N5O2. The summed E-state index contributed by atoms with van der Waals surface area (Å²) in [5.74, 6) is 0.673. The lowest BCUT2D eigenvalue weighted by Gasteiger charge is -2.06. The van der Waals surface area contributed by atoms with E-state index in [4.69, 9.17) is 4.74 Å². The van der Waals surface area contributed by atoms with Gasteiger partial charge in [0.2, 0.25) is 0 Å². The van der Waals surface area contributed by atoms with Gasteiger partial charge < -0.3 is 10.1 Å². The van der Waals surface area contributed by atoms with Gasteiger partial charge >= 0.3 is 0 Å². The minimum absolute atomic E-state index is 0.132. The van der Waals surface area contributed by atoms with E-state index in [9.17, 15) is 4.79 Å². The van der Waals surface area contributed by atoms with E-state index in [-0.39, 0.29) is 5.91 Å². The lowest BCUT2D eigenvalue weighted by Crippen LogP contribution is -2.24. The van der Waals surface area contributed by atoms with Crippen molar-refractivity contribution in [2.75, 3.05) is 13.7 Å². The molecule has 29 heavy (non-hydrogen) atoms. The number of hydrogen-bond donors (Lipinski definition) is 1. The van der Waals surface area contributed by atoms with Crippen LogP contribution < -0.4 is 10.1 Å². The maximum Gasteiger partial charge on any atom is 0.252 e. The molecule has 0 spiro atoms. The lowest BCUT2D eigenvalue weighted by molar-refractivity contribution is 0.0953. The van der Waals surface area contributed by atoms with Crippen LogP contribution in [0.4, 0.5) is 0 Å². The molecule has 3 aromatic heterocycles. The molecule has 0 atom stereocenters. The smallest absolute Gasteiger partial charge is 0.252 e. The van der Waals surface area contributed by atoms with Crippen molar-refractivity contribution < 1.29 is 9.53 Å². The molecule has 0 aliphatic rings. The number of aromatic nitrogens is 4. The standard InChI is InChI=1S/C22H21N5O2/c1-3-8-24-22(28)17-9-16(10-23-11-17)20-13-26-27-14-18(12-25-21(20)27)15-4-6-19(29-2)7-5-15/h4-7,9-14H,3,8H2,1-2H3,(H,24,28). The fraction of sp³-hybridized carbons (Fsp3) is 0.182. The van der Waals surface area contributed by atoms with E-state index >= 15 is 0 Å². The maximum atomic E-state index is 12.2. The highest BCUT2D eigenvalue weighted by Crippen LogP contribution is 2.26. The van der Waals surface area contributed by atoms with E-state index in [0.717, 1.165) is 34.4 Å². The van der Waals surface area contributed by atoms with Crippen molar-refractivity contribution in [3.63, 3.8) is 0 Å². The number of methoxy groups -OCH3 is 1. The summed E-state index contributed by atoms with van der Waals surface area (Å²) in [5, 5.41) is 7.31. The first kappa shape index (κ1) is 18.6. The SMILES string of the molecule is CCCNC(=O)c1cncc(-c2cnn3cc(-c4ccc(OC)cc4)cnc23)c1. The lowest BCUT2D eigenvalue weighted by atomic mass is 10.1. The summed E-state index contributed by atoms with van der Waals surface area (Å²) in [6.45, 7) is 2.65. The van der Waals surface area contributed by atoms with Crippen LogP contribution in [0.5, 0.6) is 5.75 Å².